The topological polar surface area (TPSA) is 0 Å². The summed E-state index contributed by atoms with van der Waals surface area (Å²) in [6.07, 6.45) is 0. The van der Waals surface area contributed by atoms with E-state index < -0.39 is 0 Å². The average Bonchev–Trinajstić information content (AvgIpc) is 3.21. The summed E-state index contributed by atoms with van der Waals surface area (Å²) in [5, 5.41) is 3.06. The van der Waals surface area contributed by atoms with Crippen LogP contribution in [0.5, 0.6) is 0 Å². The summed E-state index contributed by atoms with van der Waals surface area (Å²) < 4.78 is 0. The molecule has 0 aromatic heterocycles. The van der Waals surface area contributed by atoms with Crippen LogP contribution in [0.3, 0.4) is 0 Å². The summed E-state index contributed by atoms with van der Waals surface area (Å²) in [4.78, 5) is 0. The van der Waals surface area contributed by atoms with Crippen molar-refractivity contribution >= 4 is 10.8 Å². The van der Waals surface area contributed by atoms with Crippen molar-refractivity contribution in [1.82, 2.24) is 0 Å². The third-order valence-electron chi connectivity index (χ3n) is 11.2. The van der Waals surface area contributed by atoms with Crippen LogP contribution in [0.15, 0.2) is 0 Å². The number of fused-ring (bicyclic) bond motifs is 5. The van der Waals surface area contributed by atoms with Gasteiger partial charge in [-0.05, 0) is 205 Å². The maximum atomic E-state index is 2.49. The molecule has 37 heavy (non-hydrogen) atoms. The predicted octanol–water partition coefficient (Wildman–Crippen LogP) is 10.5. The van der Waals surface area contributed by atoms with Crippen molar-refractivity contribution in [2.24, 2.45) is 0 Å². The van der Waals surface area contributed by atoms with Crippen molar-refractivity contribution < 1.29 is 0 Å². The molecule has 0 bridgehead atoms. The molecule has 4 aromatic carbocycles. The minimum absolute atomic E-state index is 0.0628. The lowest BCUT2D eigenvalue weighted by Crippen LogP contribution is -2.28. The van der Waals surface area contributed by atoms with E-state index in [4.69, 9.17) is 0 Å². The van der Waals surface area contributed by atoms with Gasteiger partial charge >= 0.3 is 0 Å². The van der Waals surface area contributed by atoms with Gasteiger partial charge in [0.1, 0.15) is 0 Å². The quantitative estimate of drug-likeness (QED) is 0.204. The number of rotatable bonds is 0. The molecular formula is C37H42. The van der Waals surface area contributed by atoms with E-state index in [0.29, 0.717) is 0 Å². The summed E-state index contributed by atoms with van der Waals surface area (Å²) in [6.45, 7) is 33.3. The van der Waals surface area contributed by atoms with Gasteiger partial charge in [0.25, 0.3) is 0 Å². The van der Waals surface area contributed by atoms with Gasteiger partial charge in [0.2, 0.25) is 0 Å². The van der Waals surface area contributed by atoms with Crippen LogP contribution in [0, 0.1) is 83.1 Å². The van der Waals surface area contributed by atoms with E-state index in [2.05, 4.69) is 96.9 Å². The molecule has 190 valence electrons. The molecule has 0 heteroatoms. The van der Waals surface area contributed by atoms with E-state index in [1.54, 1.807) is 11.1 Å². The molecule has 2 aliphatic carbocycles. The summed E-state index contributed by atoms with van der Waals surface area (Å²) >= 11 is 0. The molecule has 0 aliphatic heterocycles. The number of hydrogen-bond acceptors (Lipinski definition) is 0. The lowest BCUT2D eigenvalue weighted by molar-refractivity contribution is 0.633. The third-order valence-corrected chi connectivity index (χ3v) is 11.2. The maximum absolute atomic E-state index is 2.49. The van der Waals surface area contributed by atoms with Gasteiger partial charge in [-0.25, -0.2) is 0 Å². The molecule has 0 spiro atoms. The Labute approximate surface area is 224 Å². The Morgan fingerprint density at radius 2 is 0.568 bits per heavy atom. The van der Waals surface area contributed by atoms with Crippen LogP contribution in [0.1, 0.15) is 91.7 Å². The SMILES string of the molecule is Cc1c(C)c(C)c2c(c1C)-c1c(C)c(C)c3c4c(c(C)c(C)c-2c14)C(C)(C)c1c(C)c(C)c(C)c(C)c1-3. The van der Waals surface area contributed by atoms with Crippen molar-refractivity contribution in [3.8, 4) is 33.4 Å². The van der Waals surface area contributed by atoms with E-state index >= 15 is 0 Å². The molecule has 4 aromatic rings. The molecule has 0 fully saturated rings. The van der Waals surface area contributed by atoms with Crippen molar-refractivity contribution in [2.75, 3.05) is 0 Å². The lowest BCUT2D eigenvalue weighted by atomic mass is 9.62. The van der Waals surface area contributed by atoms with E-state index in [9.17, 15) is 0 Å². The van der Waals surface area contributed by atoms with Crippen molar-refractivity contribution in [3.63, 3.8) is 0 Å². The van der Waals surface area contributed by atoms with Crippen molar-refractivity contribution in [3.05, 3.63) is 77.9 Å². The monoisotopic (exact) mass is 486 g/mol. The van der Waals surface area contributed by atoms with Crippen LogP contribution >= 0.6 is 0 Å². The van der Waals surface area contributed by atoms with Crippen molar-refractivity contribution in [1.29, 1.82) is 0 Å². The molecule has 0 radical (unpaired) electrons. The van der Waals surface area contributed by atoms with Crippen LogP contribution in [0.2, 0.25) is 0 Å². The minimum atomic E-state index is -0.0628. The average molecular weight is 487 g/mol. The highest BCUT2D eigenvalue weighted by Crippen LogP contribution is 2.62. The maximum Gasteiger partial charge on any atom is 0.0164 e. The summed E-state index contributed by atoms with van der Waals surface area (Å²) in [6, 6.07) is 0. The zero-order valence-corrected chi connectivity index (χ0v) is 25.5. The number of hydrogen-bond donors (Lipinski definition) is 0. The first-order chi connectivity index (χ1) is 17.2. The minimum Gasteiger partial charge on any atom is -0.0516 e. The second-order valence-electron chi connectivity index (χ2n) is 12.9. The fraction of sp³-hybridized carbons (Fsp3) is 0.405. The van der Waals surface area contributed by atoms with E-state index in [-0.39, 0.29) is 5.41 Å². The molecule has 0 saturated carbocycles. The Morgan fingerprint density at radius 1 is 0.270 bits per heavy atom. The van der Waals surface area contributed by atoms with Gasteiger partial charge in [-0.1, -0.05) is 13.8 Å². The normalized spacial score (nSPS) is 14.4. The Balaban J connectivity index is 2.01. The molecule has 6 rings (SSSR count). The Morgan fingerprint density at radius 3 is 1.03 bits per heavy atom. The molecule has 0 heterocycles. The van der Waals surface area contributed by atoms with Gasteiger partial charge in [-0.2, -0.15) is 0 Å². The summed E-state index contributed by atoms with van der Waals surface area (Å²) in [5.41, 5.74) is 29.6. The zero-order chi connectivity index (χ0) is 27.2. The van der Waals surface area contributed by atoms with Crippen LogP contribution < -0.4 is 0 Å². The van der Waals surface area contributed by atoms with Gasteiger partial charge in [0, 0.05) is 5.41 Å². The second kappa shape index (κ2) is 7.16. The molecule has 2 aliphatic rings. The fourth-order valence-corrected chi connectivity index (χ4v) is 8.44. The smallest absolute Gasteiger partial charge is 0.0164 e. The van der Waals surface area contributed by atoms with Gasteiger partial charge in [-0.15, -0.1) is 0 Å². The summed E-state index contributed by atoms with van der Waals surface area (Å²) in [7, 11) is 0. The highest BCUT2D eigenvalue weighted by atomic mass is 14.5. The molecule has 0 saturated heterocycles. The Kier molecular flexibility index (Phi) is 4.74. The zero-order valence-electron chi connectivity index (χ0n) is 25.5. The van der Waals surface area contributed by atoms with Gasteiger partial charge in [-0.3, -0.25) is 0 Å². The molecule has 0 nitrogen and oxygen atoms in total. The first-order valence-corrected chi connectivity index (χ1v) is 14.0. The van der Waals surface area contributed by atoms with Crippen LogP contribution in [-0.4, -0.2) is 0 Å². The Bertz CT molecular complexity index is 1740. The lowest BCUT2D eigenvalue weighted by Gasteiger charge is -2.41. The third kappa shape index (κ3) is 2.51. The first kappa shape index (κ1) is 24.5. The first-order valence-electron chi connectivity index (χ1n) is 14.0. The highest BCUT2D eigenvalue weighted by Gasteiger charge is 2.43. The molecule has 0 amide bonds. The van der Waals surface area contributed by atoms with Crippen LogP contribution in [0.4, 0.5) is 0 Å². The molecule has 0 unspecified atom stereocenters. The predicted molar refractivity (Wildman–Crippen MR) is 163 cm³/mol. The van der Waals surface area contributed by atoms with E-state index in [1.165, 1.54) is 111 Å². The van der Waals surface area contributed by atoms with Crippen LogP contribution in [0.25, 0.3) is 44.2 Å². The van der Waals surface area contributed by atoms with Crippen molar-refractivity contribution in [2.45, 2.75) is 102 Å². The molecule has 0 N–H and O–H groups in total. The molecular weight excluding hydrogens is 444 g/mol. The summed E-state index contributed by atoms with van der Waals surface area (Å²) in [5.74, 6) is 0. The second-order valence-corrected chi connectivity index (χ2v) is 12.9. The highest BCUT2D eigenvalue weighted by molar-refractivity contribution is 6.25. The number of benzene rings is 4. The van der Waals surface area contributed by atoms with E-state index in [1.807, 2.05) is 0 Å². The van der Waals surface area contributed by atoms with Crippen LogP contribution in [-0.2, 0) is 5.41 Å². The van der Waals surface area contributed by atoms with Gasteiger partial charge in [0.05, 0.1) is 0 Å². The fourth-order valence-electron chi connectivity index (χ4n) is 8.44. The largest absolute Gasteiger partial charge is 0.0516 e. The van der Waals surface area contributed by atoms with E-state index in [0.717, 1.165) is 0 Å². The standard InChI is InChI=1S/C37H42/c1-15-16(2)20(6)28-27(19(15)5)29-22(8)23(9)31-32-21(7)17(3)18(4)25(11)35(32)37(13,14)36-26(12)24(10)30(28)33(29)34(31)36/h1-14H3. The molecule has 0 atom stereocenters. The van der Waals surface area contributed by atoms with Gasteiger partial charge < -0.3 is 0 Å². The van der Waals surface area contributed by atoms with Gasteiger partial charge in [0.15, 0.2) is 0 Å². The Hall–Kier alpha value is -2.86.